The first-order valence-electron chi connectivity index (χ1n) is 6.07. The average Bonchev–Trinajstić information content (AvgIpc) is 2.65. The van der Waals surface area contributed by atoms with Gasteiger partial charge in [0.15, 0.2) is 0 Å². The van der Waals surface area contributed by atoms with Crippen LogP contribution < -0.4 is 5.32 Å². The highest BCUT2D eigenvalue weighted by molar-refractivity contribution is 5.12. The Balaban J connectivity index is 2.33. The molecule has 0 amide bonds. The SMILES string of the molecule is CCN(C)Cc1cc(CNCC(C)C)co1. The highest BCUT2D eigenvalue weighted by Gasteiger charge is 2.04. The maximum absolute atomic E-state index is 5.51. The van der Waals surface area contributed by atoms with Crippen molar-refractivity contribution < 1.29 is 4.42 Å². The molecule has 1 N–H and O–H groups in total. The van der Waals surface area contributed by atoms with Gasteiger partial charge in [0.25, 0.3) is 0 Å². The van der Waals surface area contributed by atoms with Crippen LogP contribution in [0.3, 0.4) is 0 Å². The molecule has 0 atom stereocenters. The van der Waals surface area contributed by atoms with Crippen LogP contribution in [0.15, 0.2) is 16.7 Å². The molecule has 0 spiro atoms. The fourth-order valence-corrected chi connectivity index (χ4v) is 1.48. The molecule has 92 valence electrons. The number of hydrogen-bond donors (Lipinski definition) is 1. The number of nitrogens with zero attached hydrogens (tertiary/aromatic N) is 1. The molecular formula is C13H24N2O. The normalized spacial score (nSPS) is 11.6. The Morgan fingerprint density at radius 2 is 2.19 bits per heavy atom. The number of rotatable bonds is 7. The van der Waals surface area contributed by atoms with Gasteiger partial charge in [-0.3, -0.25) is 4.90 Å². The molecule has 3 nitrogen and oxygen atoms in total. The zero-order chi connectivity index (χ0) is 12.0. The molecule has 0 aromatic carbocycles. The van der Waals surface area contributed by atoms with Gasteiger partial charge in [-0.15, -0.1) is 0 Å². The van der Waals surface area contributed by atoms with Gasteiger partial charge in [0.2, 0.25) is 0 Å². The van der Waals surface area contributed by atoms with E-state index in [1.807, 2.05) is 6.26 Å². The van der Waals surface area contributed by atoms with Crippen LogP contribution in [0.1, 0.15) is 32.1 Å². The van der Waals surface area contributed by atoms with E-state index in [9.17, 15) is 0 Å². The lowest BCUT2D eigenvalue weighted by molar-refractivity contribution is 0.309. The predicted octanol–water partition coefficient (Wildman–Crippen LogP) is 2.48. The molecule has 1 aromatic rings. The highest BCUT2D eigenvalue weighted by atomic mass is 16.3. The third-order valence-corrected chi connectivity index (χ3v) is 2.56. The van der Waals surface area contributed by atoms with E-state index in [0.29, 0.717) is 5.92 Å². The van der Waals surface area contributed by atoms with E-state index >= 15 is 0 Å². The lowest BCUT2D eigenvalue weighted by Crippen LogP contribution is -2.18. The van der Waals surface area contributed by atoms with Crippen molar-refractivity contribution in [2.45, 2.75) is 33.9 Å². The highest BCUT2D eigenvalue weighted by Crippen LogP contribution is 2.09. The standard InChI is InChI=1S/C13H24N2O/c1-5-15(4)9-13-6-12(10-16-13)8-14-7-11(2)3/h6,10-11,14H,5,7-9H2,1-4H3. The van der Waals surface area contributed by atoms with Crippen LogP contribution in [0.4, 0.5) is 0 Å². The fourth-order valence-electron chi connectivity index (χ4n) is 1.48. The van der Waals surface area contributed by atoms with Gasteiger partial charge in [0, 0.05) is 12.1 Å². The fraction of sp³-hybridized carbons (Fsp3) is 0.692. The van der Waals surface area contributed by atoms with E-state index in [0.717, 1.165) is 31.9 Å². The van der Waals surface area contributed by atoms with Crippen LogP contribution in [0.5, 0.6) is 0 Å². The summed E-state index contributed by atoms with van der Waals surface area (Å²) in [6.45, 7) is 10.5. The number of nitrogens with one attached hydrogen (secondary N) is 1. The van der Waals surface area contributed by atoms with E-state index in [1.54, 1.807) is 0 Å². The minimum atomic E-state index is 0.692. The average molecular weight is 224 g/mol. The summed E-state index contributed by atoms with van der Waals surface area (Å²) in [7, 11) is 2.10. The Bertz CT molecular complexity index is 294. The second kappa shape index (κ2) is 6.71. The molecule has 0 aliphatic rings. The third-order valence-electron chi connectivity index (χ3n) is 2.56. The molecule has 0 fully saturated rings. The maximum Gasteiger partial charge on any atom is 0.118 e. The quantitative estimate of drug-likeness (QED) is 0.771. The van der Waals surface area contributed by atoms with Crippen molar-refractivity contribution in [3.05, 3.63) is 23.7 Å². The summed E-state index contributed by atoms with van der Waals surface area (Å²) >= 11 is 0. The van der Waals surface area contributed by atoms with Crippen molar-refractivity contribution in [1.29, 1.82) is 0 Å². The number of hydrogen-bond acceptors (Lipinski definition) is 3. The van der Waals surface area contributed by atoms with Gasteiger partial charge in [-0.25, -0.2) is 0 Å². The van der Waals surface area contributed by atoms with Crippen molar-refractivity contribution in [1.82, 2.24) is 10.2 Å². The van der Waals surface area contributed by atoms with E-state index < -0.39 is 0 Å². The van der Waals surface area contributed by atoms with Crippen molar-refractivity contribution in [3.63, 3.8) is 0 Å². The van der Waals surface area contributed by atoms with Gasteiger partial charge in [0.05, 0.1) is 12.8 Å². The van der Waals surface area contributed by atoms with E-state index in [2.05, 4.69) is 44.1 Å². The van der Waals surface area contributed by atoms with Crippen LogP contribution in [0.2, 0.25) is 0 Å². The first kappa shape index (κ1) is 13.3. The Morgan fingerprint density at radius 3 is 2.81 bits per heavy atom. The molecule has 0 saturated carbocycles. The van der Waals surface area contributed by atoms with Crippen LogP contribution in [0.25, 0.3) is 0 Å². The summed E-state index contributed by atoms with van der Waals surface area (Å²) in [6.07, 6.45) is 1.85. The zero-order valence-corrected chi connectivity index (χ0v) is 10.9. The summed E-state index contributed by atoms with van der Waals surface area (Å²) < 4.78 is 5.51. The smallest absolute Gasteiger partial charge is 0.118 e. The summed E-state index contributed by atoms with van der Waals surface area (Å²) in [5, 5.41) is 3.41. The topological polar surface area (TPSA) is 28.4 Å². The molecule has 1 heterocycles. The van der Waals surface area contributed by atoms with Gasteiger partial charge in [-0.05, 0) is 32.1 Å². The second-order valence-corrected chi connectivity index (χ2v) is 4.78. The molecule has 0 aliphatic carbocycles. The van der Waals surface area contributed by atoms with E-state index in [4.69, 9.17) is 4.42 Å². The Morgan fingerprint density at radius 1 is 1.44 bits per heavy atom. The summed E-state index contributed by atoms with van der Waals surface area (Å²) in [4.78, 5) is 2.23. The molecule has 3 heteroatoms. The van der Waals surface area contributed by atoms with Crippen LogP contribution in [-0.2, 0) is 13.1 Å². The number of furan rings is 1. The monoisotopic (exact) mass is 224 g/mol. The molecule has 0 radical (unpaired) electrons. The molecule has 1 rings (SSSR count). The minimum absolute atomic E-state index is 0.692. The third kappa shape index (κ3) is 4.81. The molecule has 0 bridgehead atoms. The molecule has 0 saturated heterocycles. The van der Waals surface area contributed by atoms with Gasteiger partial charge >= 0.3 is 0 Å². The van der Waals surface area contributed by atoms with Crippen LogP contribution >= 0.6 is 0 Å². The van der Waals surface area contributed by atoms with E-state index in [-0.39, 0.29) is 0 Å². The predicted molar refractivity (Wildman–Crippen MR) is 67.3 cm³/mol. The van der Waals surface area contributed by atoms with Crippen LogP contribution in [-0.4, -0.2) is 25.0 Å². The Labute approximate surface area is 98.8 Å². The molecular weight excluding hydrogens is 200 g/mol. The van der Waals surface area contributed by atoms with Crippen molar-refractivity contribution in [3.8, 4) is 0 Å². The van der Waals surface area contributed by atoms with Crippen molar-refractivity contribution in [2.75, 3.05) is 20.1 Å². The minimum Gasteiger partial charge on any atom is -0.468 e. The van der Waals surface area contributed by atoms with Crippen LogP contribution in [0, 0.1) is 5.92 Å². The lowest BCUT2D eigenvalue weighted by atomic mass is 10.2. The summed E-state index contributed by atoms with van der Waals surface area (Å²) in [6, 6.07) is 2.14. The molecule has 1 aromatic heterocycles. The first-order valence-corrected chi connectivity index (χ1v) is 6.07. The first-order chi connectivity index (χ1) is 7.61. The zero-order valence-electron chi connectivity index (χ0n) is 10.9. The van der Waals surface area contributed by atoms with Gasteiger partial charge < -0.3 is 9.73 Å². The largest absolute Gasteiger partial charge is 0.468 e. The maximum atomic E-state index is 5.51. The van der Waals surface area contributed by atoms with E-state index in [1.165, 1.54) is 5.56 Å². The Kier molecular flexibility index (Phi) is 5.56. The molecule has 16 heavy (non-hydrogen) atoms. The lowest BCUT2D eigenvalue weighted by Gasteiger charge is -2.10. The van der Waals surface area contributed by atoms with Gasteiger partial charge in [-0.1, -0.05) is 20.8 Å². The van der Waals surface area contributed by atoms with Crippen molar-refractivity contribution in [2.24, 2.45) is 5.92 Å². The summed E-state index contributed by atoms with van der Waals surface area (Å²) in [5.41, 5.74) is 1.24. The summed E-state index contributed by atoms with van der Waals surface area (Å²) in [5.74, 6) is 1.74. The van der Waals surface area contributed by atoms with Crippen molar-refractivity contribution >= 4 is 0 Å². The molecule has 0 unspecified atom stereocenters. The second-order valence-electron chi connectivity index (χ2n) is 4.78. The Hall–Kier alpha value is -0.800. The molecule has 0 aliphatic heterocycles. The van der Waals surface area contributed by atoms with Gasteiger partial charge in [-0.2, -0.15) is 0 Å². The van der Waals surface area contributed by atoms with Gasteiger partial charge in [0.1, 0.15) is 5.76 Å².